The molecule has 1 aromatic rings. The van der Waals surface area contributed by atoms with E-state index in [9.17, 15) is 9.59 Å². The third-order valence-electron chi connectivity index (χ3n) is 4.82. The minimum Gasteiger partial charge on any atom is -0.476 e. The second-order valence-electron chi connectivity index (χ2n) is 6.97. The summed E-state index contributed by atoms with van der Waals surface area (Å²) in [6.45, 7) is 1.12. The summed E-state index contributed by atoms with van der Waals surface area (Å²) in [5.74, 6) is 2.03. The fraction of sp³-hybridized carbons (Fsp3) is 0.647. The first-order chi connectivity index (χ1) is 12.1. The zero-order chi connectivity index (χ0) is 17.4. The number of ether oxygens (including phenoxy) is 1. The molecule has 0 bridgehead atoms. The van der Waals surface area contributed by atoms with E-state index in [2.05, 4.69) is 9.97 Å². The third-order valence-corrected chi connectivity index (χ3v) is 5.84. The Labute approximate surface area is 150 Å². The van der Waals surface area contributed by atoms with E-state index in [0.29, 0.717) is 36.6 Å². The summed E-state index contributed by atoms with van der Waals surface area (Å²) in [7, 11) is 0. The van der Waals surface area contributed by atoms with Crippen molar-refractivity contribution in [1.29, 1.82) is 0 Å². The Hall–Kier alpha value is -1.83. The van der Waals surface area contributed by atoms with Gasteiger partial charge in [0.2, 0.25) is 11.8 Å². The number of thioether (sulfide) groups is 1. The number of rotatable bonds is 6. The standard InChI is InChI=1S/C17H22N4O3S/c18-15(22)13-9-25-6-5-21(13)17(23)12-7-19-14(11-3-4-11)16(20-12)24-8-10-1-2-10/h7,10-11,13H,1-6,8-9H2,(H2,18,22)/t13-/m1/s1. The van der Waals surface area contributed by atoms with Gasteiger partial charge in [0.25, 0.3) is 5.91 Å². The molecule has 0 unspecified atom stereocenters. The maximum absolute atomic E-state index is 12.9. The summed E-state index contributed by atoms with van der Waals surface area (Å²) in [5.41, 5.74) is 6.55. The molecule has 2 N–H and O–H groups in total. The molecule has 2 amide bonds. The molecular weight excluding hydrogens is 340 g/mol. The maximum atomic E-state index is 12.9. The number of primary amides is 1. The predicted molar refractivity (Wildman–Crippen MR) is 93.6 cm³/mol. The molecule has 1 atom stereocenters. The van der Waals surface area contributed by atoms with Crippen molar-refractivity contribution in [2.45, 2.75) is 37.6 Å². The summed E-state index contributed by atoms with van der Waals surface area (Å²) in [6, 6.07) is -0.591. The van der Waals surface area contributed by atoms with Crippen molar-refractivity contribution in [2.24, 2.45) is 11.7 Å². The van der Waals surface area contributed by atoms with Gasteiger partial charge >= 0.3 is 0 Å². The van der Waals surface area contributed by atoms with Crippen molar-refractivity contribution < 1.29 is 14.3 Å². The molecule has 1 aliphatic heterocycles. The van der Waals surface area contributed by atoms with Crippen LogP contribution in [0.1, 0.15) is 47.8 Å². The summed E-state index contributed by atoms with van der Waals surface area (Å²) in [5, 5.41) is 0. The number of hydrogen-bond acceptors (Lipinski definition) is 6. The fourth-order valence-corrected chi connectivity index (χ4v) is 4.00. The highest BCUT2D eigenvalue weighted by Crippen LogP contribution is 2.43. The summed E-state index contributed by atoms with van der Waals surface area (Å²) >= 11 is 1.63. The second kappa shape index (κ2) is 6.82. The maximum Gasteiger partial charge on any atom is 0.274 e. The lowest BCUT2D eigenvalue weighted by molar-refractivity contribution is -0.121. The first-order valence-electron chi connectivity index (χ1n) is 8.81. The van der Waals surface area contributed by atoms with Gasteiger partial charge in [-0.05, 0) is 31.6 Å². The normalized spacial score (nSPS) is 23.4. The molecule has 1 saturated heterocycles. The molecule has 2 saturated carbocycles. The van der Waals surface area contributed by atoms with E-state index in [-0.39, 0.29) is 11.6 Å². The number of nitrogens with two attached hydrogens (primary N) is 1. The molecule has 8 heteroatoms. The Morgan fingerprint density at radius 2 is 2.12 bits per heavy atom. The van der Waals surface area contributed by atoms with Gasteiger partial charge in [-0.1, -0.05) is 0 Å². The van der Waals surface area contributed by atoms with E-state index in [1.807, 2.05) is 0 Å². The van der Waals surface area contributed by atoms with Crippen LogP contribution in [0, 0.1) is 5.92 Å². The van der Waals surface area contributed by atoms with Gasteiger partial charge in [0.05, 0.1) is 12.8 Å². The molecule has 4 rings (SSSR count). The van der Waals surface area contributed by atoms with Crippen LogP contribution in [0.15, 0.2) is 6.20 Å². The average Bonchev–Trinajstić information content (AvgIpc) is 3.53. The fourth-order valence-electron chi connectivity index (χ4n) is 2.94. The van der Waals surface area contributed by atoms with E-state index in [1.54, 1.807) is 11.8 Å². The van der Waals surface area contributed by atoms with Crippen LogP contribution in [0.25, 0.3) is 0 Å². The molecule has 0 aromatic carbocycles. The molecular formula is C17H22N4O3S. The van der Waals surface area contributed by atoms with Gasteiger partial charge in [0, 0.05) is 24.0 Å². The van der Waals surface area contributed by atoms with Crippen molar-refractivity contribution in [3.63, 3.8) is 0 Å². The lowest BCUT2D eigenvalue weighted by Gasteiger charge is -2.33. The van der Waals surface area contributed by atoms with E-state index in [1.165, 1.54) is 23.9 Å². The van der Waals surface area contributed by atoms with Crippen molar-refractivity contribution in [3.8, 4) is 5.88 Å². The largest absolute Gasteiger partial charge is 0.476 e. The zero-order valence-electron chi connectivity index (χ0n) is 14.0. The van der Waals surface area contributed by atoms with Gasteiger partial charge in [-0.15, -0.1) is 0 Å². The van der Waals surface area contributed by atoms with Crippen LogP contribution in [-0.4, -0.2) is 57.4 Å². The van der Waals surface area contributed by atoms with Crippen LogP contribution in [-0.2, 0) is 4.79 Å². The molecule has 1 aromatic heterocycles. The van der Waals surface area contributed by atoms with Crippen LogP contribution in [0.4, 0.5) is 0 Å². The summed E-state index contributed by atoms with van der Waals surface area (Å²) in [6.07, 6.45) is 6.08. The van der Waals surface area contributed by atoms with E-state index in [0.717, 1.165) is 24.3 Å². The van der Waals surface area contributed by atoms with Gasteiger partial charge in [0.1, 0.15) is 11.7 Å². The Balaban J connectivity index is 1.56. The first kappa shape index (κ1) is 16.6. The summed E-state index contributed by atoms with van der Waals surface area (Å²) in [4.78, 5) is 35.0. The molecule has 7 nitrogen and oxygen atoms in total. The Kier molecular flexibility index (Phi) is 4.54. The minimum absolute atomic E-state index is 0.230. The van der Waals surface area contributed by atoms with E-state index < -0.39 is 11.9 Å². The Bertz CT molecular complexity index is 690. The molecule has 0 radical (unpaired) electrons. The van der Waals surface area contributed by atoms with Crippen LogP contribution in [0.5, 0.6) is 5.88 Å². The number of hydrogen-bond donors (Lipinski definition) is 1. The molecule has 2 aliphatic carbocycles. The van der Waals surface area contributed by atoms with Gasteiger partial charge in [-0.25, -0.2) is 4.98 Å². The quantitative estimate of drug-likeness (QED) is 0.816. The lowest BCUT2D eigenvalue weighted by Crippen LogP contribution is -2.52. The van der Waals surface area contributed by atoms with Crippen molar-refractivity contribution in [3.05, 3.63) is 17.6 Å². The minimum atomic E-state index is -0.591. The van der Waals surface area contributed by atoms with E-state index >= 15 is 0 Å². The van der Waals surface area contributed by atoms with Gasteiger partial charge < -0.3 is 15.4 Å². The zero-order valence-corrected chi connectivity index (χ0v) is 14.8. The summed E-state index contributed by atoms with van der Waals surface area (Å²) < 4.78 is 5.87. The second-order valence-corrected chi connectivity index (χ2v) is 8.12. The molecule has 134 valence electrons. The molecule has 3 aliphatic rings. The van der Waals surface area contributed by atoms with Crippen LogP contribution in [0.3, 0.4) is 0 Å². The number of carbonyl (C=O) groups is 2. The molecule has 25 heavy (non-hydrogen) atoms. The highest BCUT2D eigenvalue weighted by atomic mass is 32.2. The van der Waals surface area contributed by atoms with Gasteiger partial charge in [-0.3, -0.25) is 14.6 Å². The highest BCUT2D eigenvalue weighted by Gasteiger charge is 2.35. The van der Waals surface area contributed by atoms with Crippen LogP contribution in [0.2, 0.25) is 0 Å². The number of aromatic nitrogens is 2. The number of amides is 2. The molecule has 0 spiro atoms. The third kappa shape index (κ3) is 3.73. The topological polar surface area (TPSA) is 98.4 Å². The molecule has 3 fully saturated rings. The SMILES string of the molecule is NC(=O)[C@H]1CSCCN1C(=O)c1cnc(C2CC2)c(OCC2CC2)n1. The van der Waals surface area contributed by atoms with Crippen molar-refractivity contribution in [1.82, 2.24) is 14.9 Å². The highest BCUT2D eigenvalue weighted by molar-refractivity contribution is 7.99. The molecule has 2 heterocycles. The first-order valence-corrected chi connectivity index (χ1v) is 9.96. The van der Waals surface area contributed by atoms with Gasteiger partial charge in [-0.2, -0.15) is 11.8 Å². The van der Waals surface area contributed by atoms with Crippen molar-refractivity contribution in [2.75, 3.05) is 24.7 Å². The monoisotopic (exact) mass is 362 g/mol. The Morgan fingerprint density at radius 3 is 2.80 bits per heavy atom. The lowest BCUT2D eigenvalue weighted by atomic mass is 10.2. The van der Waals surface area contributed by atoms with Crippen LogP contribution < -0.4 is 10.5 Å². The average molecular weight is 362 g/mol. The van der Waals surface area contributed by atoms with Crippen molar-refractivity contribution >= 4 is 23.6 Å². The van der Waals surface area contributed by atoms with E-state index in [4.69, 9.17) is 10.5 Å². The predicted octanol–water partition coefficient (Wildman–Crippen LogP) is 1.19. The smallest absolute Gasteiger partial charge is 0.274 e. The number of nitrogens with zero attached hydrogens (tertiary/aromatic N) is 3. The van der Waals surface area contributed by atoms with Crippen LogP contribution >= 0.6 is 11.8 Å². The van der Waals surface area contributed by atoms with Gasteiger partial charge in [0.15, 0.2) is 5.69 Å². The number of carbonyl (C=O) groups excluding carboxylic acids is 2. The Morgan fingerprint density at radius 1 is 1.32 bits per heavy atom.